The van der Waals surface area contributed by atoms with Crippen LogP contribution >= 0.6 is 11.6 Å². The van der Waals surface area contributed by atoms with E-state index in [9.17, 15) is 10.1 Å². The van der Waals surface area contributed by atoms with Gasteiger partial charge >= 0.3 is 6.03 Å². The highest BCUT2D eigenvalue weighted by molar-refractivity contribution is 6.30. The minimum atomic E-state index is -0.242. The number of fused-ring (bicyclic) bond motifs is 1. The summed E-state index contributed by atoms with van der Waals surface area (Å²) in [5.41, 5.74) is 4.58. The normalized spacial score (nSPS) is 15.1. The number of carbonyl (C=O) groups excluding carboxylic acids is 1. The fourth-order valence-electron chi connectivity index (χ4n) is 3.80. The molecule has 0 fully saturated rings. The Balaban J connectivity index is 1.54. The van der Waals surface area contributed by atoms with Crippen molar-refractivity contribution in [2.75, 3.05) is 16.8 Å². The summed E-state index contributed by atoms with van der Waals surface area (Å²) in [6.07, 6.45) is 0.666. The summed E-state index contributed by atoms with van der Waals surface area (Å²) in [6.45, 7) is 1.32. The molecule has 0 saturated carbocycles. The van der Waals surface area contributed by atoms with Crippen LogP contribution in [-0.4, -0.2) is 18.6 Å². The Morgan fingerprint density at radius 1 is 1.10 bits per heavy atom. The second kappa shape index (κ2) is 8.89. The number of amides is 2. The Morgan fingerprint density at radius 2 is 1.93 bits per heavy atom. The molecule has 0 bridgehead atoms. The first kappa shape index (κ1) is 19.8. The topological polar surface area (TPSA) is 68.2 Å². The van der Waals surface area contributed by atoms with Gasteiger partial charge in [0.25, 0.3) is 0 Å². The molecule has 3 aromatic rings. The van der Waals surface area contributed by atoms with Gasteiger partial charge < -0.3 is 15.5 Å². The van der Waals surface area contributed by atoms with E-state index in [1.54, 1.807) is 0 Å². The minimum absolute atomic E-state index is 0.0886. The molecule has 0 saturated heterocycles. The zero-order chi connectivity index (χ0) is 20.9. The SMILES string of the molecule is N#Cc1ccc2c(c1)C[C@H](NC(=O)Nc1ccccc1)CN2Cc1cccc(Cl)c1. The van der Waals surface area contributed by atoms with Gasteiger partial charge in [-0.3, -0.25) is 0 Å². The molecule has 0 unspecified atom stereocenters. The van der Waals surface area contributed by atoms with Gasteiger partial charge in [-0.25, -0.2) is 4.79 Å². The highest BCUT2D eigenvalue weighted by atomic mass is 35.5. The van der Waals surface area contributed by atoms with Gasteiger partial charge in [-0.1, -0.05) is 41.9 Å². The van der Waals surface area contributed by atoms with Gasteiger partial charge in [0, 0.05) is 29.5 Å². The molecular weight excluding hydrogens is 396 g/mol. The molecule has 1 heterocycles. The van der Waals surface area contributed by atoms with Crippen molar-refractivity contribution in [1.82, 2.24) is 5.32 Å². The molecule has 30 heavy (non-hydrogen) atoms. The van der Waals surface area contributed by atoms with Crippen molar-refractivity contribution in [3.63, 3.8) is 0 Å². The van der Waals surface area contributed by atoms with Crippen LogP contribution in [0, 0.1) is 11.3 Å². The summed E-state index contributed by atoms with van der Waals surface area (Å²) in [5, 5.41) is 15.9. The van der Waals surface area contributed by atoms with E-state index in [0.29, 0.717) is 30.1 Å². The lowest BCUT2D eigenvalue weighted by molar-refractivity contribution is 0.248. The number of carbonyl (C=O) groups is 1. The second-order valence-corrected chi connectivity index (χ2v) is 7.77. The van der Waals surface area contributed by atoms with Gasteiger partial charge in [-0.05, 0) is 60.0 Å². The summed E-state index contributed by atoms with van der Waals surface area (Å²) in [7, 11) is 0. The lowest BCUT2D eigenvalue weighted by Gasteiger charge is -2.36. The van der Waals surface area contributed by atoms with Crippen LogP contribution in [0.1, 0.15) is 16.7 Å². The van der Waals surface area contributed by atoms with Crippen LogP contribution in [0.15, 0.2) is 72.8 Å². The molecule has 150 valence electrons. The van der Waals surface area contributed by atoms with Gasteiger partial charge in [0.05, 0.1) is 17.7 Å². The average molecular weight is 417 g/mol. The maximum Gasteiger partial charge on any atom is 0.319 e. The van der Waals surface area contributed by atoms with Crippen molar-refractivity contribution in [2.45, 2.75) is 19.0 Å². The Kier molecular flexibility index (Phi) is 5.87. The molecule has 0 radical (unpaired) electrons. The van der Waals surface area contributed by atoms with Gasteiger partial charge in [0.2, 0.25) is 0 Å². The monoisotopic (exact) mass is 416 g/mol. The highest BCUT2D eigenvalue weighted by Gasteiger charge is 2.26. The first-order chi connectivity index (χ1) is 14.6. The van der Waals surface area contributed by atoms with Gasteiger partial charge in [-0.15, -0.1) is 0 Å². The van der Waals surface area contributed by atoms with Crippen molar-refractivity contribution in [3.8, 4) is 6.07 Å². The molecule has 1 atom stereocenters. The standard InChI is InChI=1S/C24H21ClN4O/c25-20-6-4-5-18(12-20)15-29-16-22(13-19-11-17(14-26)9-10-23(19)29)28-24(30)27-21-7-2-1-3-8-21/h1-12,22H,13,15-16H2,(H2,27,28,30)/t22-/m0/s1. The fraction of sp³-hybridized carbons (Fsp3) is 0.167. The lowest BCUT2D eigenvalue weighted by atomic mass is 9.95. The summed E-state index contributed by atoms with van der Waals surface area (Å²) >= 11 is 6.16. The fourth-order valence-corrected chi connectivity index (χ4v) is 4.01. The van der Waals surface area contributed by atoms with Crippen LogP contribution < -0.4 is 15.5 Å². The average Bonchev–Trinajstić information content (AvgIpc) is 2.74. The quantitative estimate of drug-likeness (QED) is 0.631. The van der Waals surface area contributed by atoms with E-state index >= 15 is 0 Å². The summed E-state index contributed by atoms with van der Waals surface area (Å²) in [6, 6.07) is 24.7. The van der Waals surface area contributed by atoms with Crippen molar-refractivity contribution in [2.24, 2.45) is 0 Å². The molecule has 0 spiro atoms. The zero-order valence-corrected chi connectivity index (χ0v) is 17.1. The first-order valence-electron chi connectivity index (χ1n) is 9.76. The van der Waals surface area contributed by atoms with Crippen molar-refractivity contribution >= 4 is 29.0 Å². The van der Waals surface area contributed by atoms with E-state index in [-0.39, 0.29) is 12.1 Å². The number of hydrogen-bond donors (Lipinski definition) is 2. The highest BCUT2D eigenvalue weighted by Crippen LogP contribution is 2.30. The van der Waals surface area contributed by atoms with Gasteiger partial charge in [-0.2, -0.15) is 5.26 Å². The Bertz CT molecular complexity index is 1090. The first-order valence-corrected chi connectivity index (χ1v) is 10.1. The molecule has 0 aliphatic carbocycles. The molecule has 2 amide bonds. The number of hydrogen-bond acceptors (Lipinski definition) is 3. The van der Waals surface area contributed by atoms with E-state index in [2.05, 4.69) is 21.6 Å². The zero-order valence-electron chi connectivity index (χ0n) is 16.3. The number of nitrogens with zero attached hydrogens (tertiary/aromatic N) is 2. The number of nitrogens with one attached hydrogen (secondary N) is 2. The molecule has 1 aliphatic heterocycles. The van der Waals surface area contributed by atoms with Crippen LogP contribution in [0.3, 0.4) is 0 Å². The number of anilines is 2. The van der Waals surface area contributed by atoms with Crippen LogP contribution in [0.25, 0.3) is 0 Å². The predicted octanol–water partition coefficient (Wildman–Crippen LogP) is 4.96. The number of nitriles is 1. The largest absolute Gasteiger partial charge is 0.365 e. The third-order valence-corrected chi connectivity index (χ3v) is 5.32. The van der Waals surface area contributed by atoms with Crippen molar-refractivity contribution in [3.05, 3.63) is 94.5 Å². The van der Waals surface area contributed by atoms with Crippen LogP contribution in [0.4, 0.5) is 16.2 Å². The number of halogens is 1. The summed E-state index contributed by atoms with van der Waals surface area (Å²) < 4.78 is 0. The molecular formula is C24H21ClN4O. The minimum Gasteiger partial charge on any atom is -0.365 e. The van der Waals surface area contributed by atoms with E-state index in [1.165, 1.54) is 0 Å². The smallest absolute Gasteiger partial charge is 0.319 e. The van der Waals surface area contributed by atoms with E-state index in [1.807, 2.05) is 72.8 Å². The molecule has 6 heteroatoms. The second-order valence-electron chi connectivity index (χ2n) is 7.33. The molecule has 5 nitrogen and oxygen atoms in total. The van der Waals surface area contributed by atoms with E-state index in [0.717, 1.165) is 22.5 Å². The van der Waals surface area contributed by atoms with E-state index in [4.69, 9.17) is 11.6 Å². The molecule has 2 N–H and O–H groups in total. The summed E-state index contributed by atoms with van der Waals surface area (Å²) in [4.78, 5) is 14.7. The predicted molar refractivity (Wildman–Crippen MR) is 120 cm³/mol. The number of para-hydroxylation sites is 1. The third-order valence-electron chi connectivity index (χ3n) is 5.09. The number of urea groups is 1. The van der Waals surface area contributed by atoms with Crippen LogP contribution in [0.5, 0.6) is 0 Å². The van der Waals surface area contributed by atoms with E-state index < -0.39 is 0 Å². The third kappa shape index (κ3) is 4.73. The Morgan fingerprint density at radius 3 is 2.70 bits per heavy atom. The summed E-state index contributed by atoms with van der Waals surface area (Å²) in [5.74, 6) is 0. The van der Waals surface area contributed by atoms with Gasteiger partial charge in [0.15, 0.2) is 0 Å². The maximum atomic E-state index is 12.5. The molecule has 0 aromatic heterocycles. The van der Waals surface area contributed by atoms with Crippen molar-refractivity contribution in [1.29, 1.82) is 5.26 Å². The number of benzene rings is 3. The molecule has 1 aliphatic rings. The van der Waals surface area contributed by atoms with Crippen LogP contribution in [-0.2, 0) is 13.0 Å². The Hall–Kier alpha value is -3.49. The lowest BCUT2D eigenvalue weighted by Crippen LogP contribution is -2.49. The van der Waals surface area contributed by atoms with Crippen molar-refractivity contribution < 1.29 is 4.79 Å². The number of rotatable bonds is 4. The maximum absolute atomic E-state index is 12.5. The molecule has 4 rings (SSSR count). The van der Waals surface area contributed by atoms with Crippen LogP contribution in [0.2, 0.25) is 5.02 Å². The van der Waals surface area contributed by atoms with Gasteiger partial charge in [0.1, 0.15) is 0 Å². The molecule has 3 aromatic carbocycles. The Labute approximate surface area is 180 Å².